The summed E-state index contributed by atoms with van der Waals surface area (Å²) in [5.74, 6) is 1.04. The van der Waals surface area contributed by atoms with Gasteiger partial charge >= 0.3 is 0 Å². The first-order chi connectivity index (χ1) is 9.12. The highest BCUT2D eigenvalue weighted by molar-refractivity contribution is 5.94. The molecule has 0 aliphatic rings. The second kappa shape index (κ2) is 9.44. The van der Waals surface area contributed by atoms with Crippen molar-refractivity contribution in [1.29, 1.82) is 0 Å². The highest BCUT2D eigenvalue weighted by Gasteiger charge is 2.11. The Morgan fingerprint density at radius 3 is 2.45 bits per heavy atom. The zero-order chi connectivity index (χ0) is 14.3. The lowest BCUT2D eigenvalue weighted by Crippen LogP contribution is -2.38. The molecule has 2 N–H and O–H groups in total. The third-order valence-electron chi connectivity index (χ3n) is 2.77. The Morgan fingerprint density at radius 1 is 1.25 bits per heavy atom. The number of rotatable bonds is 7. The van der Waals surface area contributed by atoms with E-state index in [4.69, 9.17) is 9.47 Å². The fourth-order valence-electron chi connectivity index (χ4n) is 1.75. The zero-order valence-corrected chi connectivity index (χ0v) is 13.2. The molecule has 1 rings (SSSR count). The van der Waals surface area contributed by atoms with E-state index in [-0.39, 0.29) is 24.4 Å². The molecule has 0 saturated heterocycles. The topological polar surface area (TPSA) is 59.6 Å². The van der Waals surface area contributed by atoms with Crippen molar-refractivity contribution in [2.45, 2.75) is 19.9 Å². The Hall–Kier alpha value is -1.46. The van der Waals surface area contributed by atoms with E-state index in [0.29, 0.717) is 23.6 Å². The normalized spacial score (nSPS) is 11.2. The van der Waals surface area contributed by atoms with E-state index in [0.717, 1.165) is 6.54 Å². The van der Waals surface area contributed by atoms with Crippen LogP contribution in [0.1, 0.15) is 24.2 Å². The van der Waals surface area contributed by atoms with Crippen LogP contribution >= 0.6 is 12.4 Å². The minimum absolute atomic E-state index is 0. The predicted octanol–water partition coefficient (Wildman–Crippen LogP) is 1.85. The maximum atomic E-state index is 12.0. The molecule has 1 amide bonds. The standard InChI is InChI=1S/C14H22N2O3.ClH/c1-5-15-10(2)9-16-14(17)11-6-7-12(18-3)13(8-11)19-4;/h6-8,10,15H,5,9H2,1-4H3,(H,16,17);1H/t10-;/m1./s1. The van der Waals surface area contributed by atoms with Crippen molar-refractivity contribution in [2.75, 3.05) is 27.3 Å². The van der Waals surface area contributed by atoms with Crippen LogP contribution in [0.15, 0.2) is 18.2 Å². The van der Waals surface area contributed by atoms with Gasteiger partial charge in [-0.25, -0.2) is 0 Å². The molecule has 0 heterocycles. The third kappa shape index (κ3) is 5.27. The van der Waals surface area contributed by atoms with Gasteiger partial charge < -0.3 is 20.1 Å². The van der Waals surface area contributed by atoms with Gasteiger partial charge in [-0.1, -0.05) is 6.92 Å². The number of carbonyl (C=O) groups is 1. The number of methoxy groups -OCH3 is 2. The Labute approximate surface area is 126 Å². The molecule has 0 aliphatic carbocycles. The first-order valence-corrected chi connectivity index (χ1v) is 6.36. The van der Waals surface area contributed by atoms with Gasteiger partial charge in [-0.15, -0.1) is 12.4 Å². The highest BCUT2D eigenvalue weighted by atomic mass is 35.5. The molecular formula is C14H23ClN2O3. The summed E-state index contributed by atoms with van der Waals surface area (Å²) in [5, 5.41) is 6.11. The van der Waals surface area contributed by atoms with E-state index >= 15 is 0 Å². The quantitative estimate of drug-likeness (QED) is 0.807. The summed E-state index contributed by atoms with van der Waals surface area (Å²) in [5.41, 5.74) is 0.557. The molecule has 1 atom stereocenters. The summed E-state index contributed by atoms with van der Waals surface area (Å²) in [7, 11) is 3.11. The minimum atomic E-state index is -0.120. The van der Waals surface area contributed by atoms with Crippen molar-refractivity contribution in [2.24, 2.45) is 0 Å². The number of hydrogen-bond acceptors (Lipinski definition) is 4. The van der Waals surface area contributed by atoms with Crippen molar-refractivity contribution in [3.63, 3.8) is 0 Å². The Bertz CT molecular complexity index is 427. The van der Waals surface area contributed by atoms with Gasteiger partial charge in [0.2, 0.25) is 0 Å². The molecule has 6 heteroatoms. The summed E-state index contributed by atoms with van der Waals surface area (Å²) in [6.45, 7) is 5.53. The maximum Gasteiger partial charge on any atom is 0.251 e. The predicted molar refractivity (Wildman–Crippen MR) is 82.3 cm³/mol. The van der Waals surface area contributed by atoms with Crippen molar-refractivity contribution >= 4 is 18.3 Å². The Morgan fingerprint density at radius 2 is 1.90 bits per heavy atom. The Kier molecular flexibility index (Phi) is 8.76. The van der Waals surface area contributed by atoms with Gasteiger partial charge in [0, 0.05) is 18.2 Å². The molecular weight excluding hydrogens is 280 g/mol. The van der Waals surface area contributed by atoms with E-state index in [2.05, 4.69) is 10.6 Å². The highest BCUT2D eigenvalue weighted by Crippen LogP contribution is 2.27. The van der Waals surface area contributed by atoms with Crippen molar-refractivity contribution in [3.05, 3.63) is 23.8 Å². The van der Waals surface area contributed by atoms with Crippen LogP contribution in [-0.4, -0.2) is 39.3 Å². The molecule has 0 saturated carbocycles. The van der Waals surface area contributed by atoms with Crippen LogP contribution in [0, 0.1) is 0 Å². The van der Waals surface area contributed by atoms with E-state index in [1.807, 2.05) is 13.8 Å². The van der Waals surface area contributed by atoms with E-state index in [1.165, 1.54) is 0 Å². The van der Waals surface area contributed by atoms with Crippen LogP contribution in [0.2, 0.25) is 0 Å². The molecule has 0 bridgehead atoms. The fraction of sp³-hybridized carbons (Fsp3) is 0.500. The number of ether oxygens (including phenoxy) is 2. The van der Waals surface area contributed by atoms with Gasteiger partial charge in [0.15, 0.2) is 11.5 Å². The number of nitrogens with one attached hydrogen (secondary N) is 2. The SMILES string of the molecule is CCN[C@H](C)CNC(=O)c1ccc(OC)c(OC)c1.Cl. The van der Waals surface area contributed by atoms with Gasteiger partial charge in [-0.2, -0.15) is 0 Å². The lowest BCUT2D eigenvalue weighted by atomic mass is 10.2. The minimum Gasteiger partial charge on any atom is -0.493 e. The summed E-state index contributed by atoms with van der Waals surface area (Å²) in [6.07, 6.45) is 0. The average Bonchev–Trinajstić information content (AvgIpc) is 2.44. The van der Waals surface area contributed by atoms with E-state index in [1.54, 1.807) is 32.4 Å². The summed E-state index contributed by atoms with van der Waals surface area (Å²) in [4.78, 5) is 12.0. The molecule has 5 nitrogen and oxygen atoms in total. The van der Waals surface area contributed by atoms with Gasteiger partial charge in [-0.3, -0.25) is 4.79 Å². The second-order valence-corrected chi connectivity index (χ2v) is 4.24. The van der Waals surface area contributed by atoms with Crippen LogP contribution in [0.25, 0.3) is 0 Å². The number of likely N-dealkylation sites (N-methyl/N-ethyl adjacent to an activating group) is 1. The van der Waals surface area contributed by atoms with Crippen molar-refractivity contribution in [3.8, 4) is 11.5 Å². The molecule has 1 aromatic carbocycles. The van der Waals surface area contributed by atoms with Gasteiger partial charge in [-0.05, 0) is 31.7 Å². The molecule has 0 fully saturated rings. The summed E-state index contributed by atoms with van der Waals surface area (Å²) in [6, 6.07) is 5.36. The molecule has 1 aromatic rings. The lowest BCUT2D eigenvalue weighted by molar-refractivity contribution is 0.0950. The Balaban J connectivity index is 0.00000361. The van der Waals surface area contributed by atoms with Gasteiger partial charge in [0.05, 0.1) is 14.2 Å². The number of benzene rings is 1. The third-order valence-corrected chi connectivity index (χ3v) is 2.77. The van der Waals surface area contributed by atoms with E-state index in [9.17, 15) is 4.79 Å². The van der Waals surface area contributed by atoms with Gasteiger partial charge in [0.1, 0.15) is 0 Å². The summed E-state index contributed by atoms with van der Waals surface area (Å²) < 4.78 is 10.3. The fourth-order valence-corrected chi connectivity index (χ4v) is 1.75. The first-order valence-electron chi connectivity index (χ1n) is 6.36. The van der Waals surface area contributed by atoms with Crippen LogP contribution < -0.4 is 20.1 Å². The number of halogens is 1. The molecule has 0 unspecified atom stereocenters. The first kappa shape index (κ1) is 18.5. The number of hydrogen-bond donors (Lipinski definition) is 2. The number of amides is 1. The molecule has 0 radical (unpaired) electrons. The van der Waals surface area contributed by atoms with Crippen LogP contribution in [0.3, 0.4) is 0 Å². The van der Waals surface area contributed by atoms with Crippen LogP contribution in [-0.2, 0) is 0 Å². The average molecular weight is 303 g/mol. The van der Waals surface area contributed by atoms with Crippen molar-refractivity contribution < 1.29 is 14.3 Å². The van der Waals surface area contributed by atoms with E-state index < -0.39 is 0 Å². The van der Waals surface area contributed by atoms with Gasteiger partial charge in [0.25, 0.3) is 5.91 Å². The molecule has 0 aliphatic heterocycles. The molecule has 20 heavy (non-hydrogen) atoms. The maximum absolute atomic E-state index is 12.0. The molecule has 0 aromatic heterocycles. The molecule has 114 valence electrons. The van der Waals surface area contributed by atoms with Crippen molar-refractivity contribution in [1.82, 2.24) is 10.6 Å². The summed E-state index contributed by atoms with van der Waals surface area (Å²) >= 11 is 0. The molecule has 0 spiro atoms. The van der Waals surface area contributed by atoms with Crippen LogP contribution in [0.4, 0.5) is 0 Å². The number of carbonyl (C=O) groups excluding carboxylic acids is 1. The second-order valence-electron chi connectivity index (χ2n) is 4.24. The zero-order valence-electron chi connectivity index (χ0n) is 12.4. The smallest absolute Gasteiger partial charge is 0.251 e. The monoisotopic (exact) mass is 302 g/mol. The lowest BCUT2D eigenvalue weighted by Gasteiger charge is -2.14. The largest absolute Gasteiger partial charge is 0.493 e. The van der Waals surface area contributed by atoms with Crippen LogP contribution in [0.5, 0.6) is 11.5 Å².